The smallest absolute Gasteiger partial charge is 0.437 e. The molecule has 4 aliphatic rings. The third-order valence-electron chi connectivity index (χ3n) is 10.6. The number of hydrogen-bond donors (Lipinski definition) is 3. The molecule has 4 aromatic rings. The van der Waals surface area contributed by atoms with Crippen LogP contribution in [0.3, 0.4) is 0 Å². The Morgan fingerprint density at radius 1 is 0.980 bits per heavy atom. The predicted octanol–water partition coefficient (Wildman–Crippen LogP) is 5.94. The first kappa shape index (κ1) is 33.8. The number of amides is 2. The third kappa shape index (κ3) is 6.38. The minimum Gasteiger partial charge on any atom is -0.437 e. The van der Waals surface area contributed by atoms with Gasteiger partial charge in [0.2, 0.25) is 5.88 Å². The van der Waals surface area contributed by atoms with Gasteiger partial charge >= 0.3 is 6.16 Å². The van der Waals surface area contributed by atoms with Crippen molar-refractivity contribution in [3.63, 3.8) is 0 Å². The fraction of sp³-hybridized carbons (Fsp3) is 0.385. The van der Waals surface area contributed by atoms with Gasteiger partial charge in [-0.2, -0.15) is 0 Å². The summed E-state index contributed by atoms with van der Waals surface area (Å²) in [6, 6.07) is 21.3. The number of benzene rings is 3. The number of rotatable bonds is 8. The Kier molecular flexibility index (Phi) is 8.72. The van der Waals surface area contributed by atoms with E-state index in [0.29, 0.717) is 33.1 Å². The van der Waals surface area contributed by atoms with Crippen molar-refractivity contribution in [3.05, 3.63) is 105 Å². The van der Waals surface area contributed by atoms with Crippen LogP contribution in [0.25, 0.3) is 16.6 Å². The highest BCUT2D eigenvalue weighted by Gasteiger charge is 2.56. The highest BCUT2D eigenvalue weighted by atomic mass is 35.5. The van der Waals surface area contributed by atoms with Gasteiger partial charge in [-0.3, -0.25) is 19.0 Å². The standard InChI is InChI=1S/C39H40ClN3O7/c1-38(2,48)36(46)42-39-19-23-15-25(20-39)32(26(16-23)21-39)41-34(45)24-11-9-22(10-12-24)17-30-33(44)29-14-13-27(40)18-31(29)43(28-7-5-4-6-8-28)35(30)50-37(47)49-3/h4-14,18,23,25-26,32,48H,15-17,19-21H2,1-3H3,(H,41,45)(H,42,46)/t23?,25-,26+,32?,39?. The Morgan fingerprint density at radius 3 is 2.30 bits per heavy atom. The molecule has 10 nitrogen and oxygen atoms in total. The first-order valence-corrected chi connectivity index (χ1v) is 17.3. The molecular weight excluding hydrogens is 658 g/mol. The Bertz CT molecular complexity index is 2020. The lowest BCUT2D eigenvalue weighted by atomic mass is 9.51. The van der Waals surface area contributed by atoms with Crippen LogP contribution in [-0.2, 0) is 16.0 Å². The van der Waals surface area contributed by atoms with E-state index in [1.807, 2.05) is 30.3 Å². The summed E-state index contributed by atoms with van der Waals surface area (Å²) >= 11 is 6.36. The zero-order chi connectivity index (χ0) is 35.4. The van der Waals surface area contributed by atoms with Crippen LogP contribution in [0, 0.1) is 17.8 Å². The Labute approximate surface area is 294 Å². The molecule has 5 atom stereocenters. The molecule has 4 saturated carbocycles. The molecule has 2 amide bonds. The Morgan fingerprint density at radius 2 is 1.66 bits per heavy atom. The van der Waals surface area contributed by atoms with Crippen molar-refractivity contribution in [2.24, 2.45) is 17.8 Å². The lowest BCUT2D eigenvalue weighted by Crippen LogP contribution is -2.68. The van der Waals surface area contributed by atoms with Crippen molar-refractivity contribution in [1.29, 1.82) is 0 Å². The zero-order valence-electron chi connectivity index (χ0n) is 28.2. The van der Waals surface area contributed by atoms with Crippen molar-refractivity contribution in [2.75, 3.05) is 7.11 Å². The van der Waals surface area contributed by atoms with Crippen molar-refractivity contribution >= 4 is 40.5 Å². The van der Waals surface area contributed by atoms with E-state index in [-0.39, 0.29) is 58.5 Å². The summed E-state index contributed by atoms with van der Waals surface area (Å²) < 4.78 is 12.2. The lowest BCUT2D eigenvalue weighted by Gasteiger charge is -2.60. The van der Waals surface area contributed by atoms with Crippen molar-refractivity contribution in [2.45, 2.75) is 69.6 Å². The largest absolute Gasteiger partial charge is 0.514 e. The summed E-state index contributed by atoms with van der Waals surface area (Å²) in [6.45, 7) is 3.01. The van der Waals surface area contributed by atoms with E-state index in [1.165, 1.54) is 21.0 Å². The summed E-state index contributed by atoms with van der Waals surface area (Å²) in [5.41, 5.74) is 0.504. The fourth-order valence-corrected chi connectivity index (χ4v) is 8.79. The van der Waals surface area contributed by atoms with E-state index < -0.39 is 11.8 Å². The minimum atomic E-state index is -1.44. The number of nitrogens with one attached hydrogen (secondary N) is 2. The number of carbonyl (C=O) groups excluding carboxylic acids is 3. The quantitative estimate of drug-likeness (QED) is 0.194. The number of hydrogen-bond acceptors (Lipinski definition) is 7. The molecule has 3 unspecified atom stereocenters. The summed E-state index contributed by atoms with van der Waals surface area (Å²) in [6.07, 6.45) is 3.63. The number of aromatic nitrogens is 1. The first-order valence-electron chi connectivity index (χ1n) is 17.0. The number of methoxy groups -OCH3 is 1. The van der Waals surface area contributed by atoms with Crippen LogP contribution in [0.2, 0.25) is 5.02 Å². The summed E-state index contributed by atoms with van der Waals surface area (Å²) in [7, 11) is 1.20. The molecule has 1 aromatic heterocycles. The number of para-hydroxylation sites is 1. The van der Waals surface area contributed by atoms with Gasteiger partial charge in [-0.15, -0.1) is 0 Å². The maximum atomic E-state index is 14.0. The van der Waals surface area contributed by atoms with E-state index in [2.05, 4.69) is 10.6 Å². The van der Waals surface area contributed by atoms with Crippen LogP contribution in [-0.4, -0.2) is 51.9 Å². The monoisotopic (exact) mass is 697 g/mol. The zero-order valence-corrected chi connectivity index (χ0v) is 29.0. The van der Waals surface area contributed by atoms with Crippen LogP contribution in [0.15, 0.2) is 77.6 Å². The molecular formula is C39H40ClN3O7. The number of fused-ring (bicyclic) bond motifs is 1. The molecule has 4 aliphatic carbocycles. The number of aliphatic hydroxyl groups is 1. The minimum absolute atomic E-state index is 0.00600. The molecule has 0 saturated heterocycles. The SMILES string of the molecule is COC(=O)Oc1c(Cc2ccc(C(=O)NC3[C@@H]4CC5C[C@H]3CC(NC(=O)C(C)(C)O)(C5)C4)cc2)c(=O)c2ccc(Cl)cc2n1-c1ccccc1. The van der Waals surface area contributed by atoms with Crippen LogP contribution in [0.4, 0.5) is 4.79 Å². The second kappa shape index (κ2) is 12.9. The van der Waals surface area contributed by atoms with E-state index in [4.69, 9.17) is 21.1 Å². The average molecular weight is 698 g/mol. The summed E-state index contributed by atoms with van der Waals surface area (Å²) in [5.74, 6) is 0.476. The number of nitrogens with zero attached hydrogens (tertiary/aromatic N) is 1. The first-order chi connectivity index (χ1) is 23.8. The lowest BCUT2D eigenvalue weighted by molar-refractivity contribution is -0.143. The molecule has 11 heteroatoms. The average Bonchev–Trinajstić information content (AvgIpc) is 3.07. The third-order valence-corrected chi connectivity index (χ3v) is 10.9. The van der Waals surface area contributed by atoms with E-state index in [9.17, 15) is 24.3 Å². The van der Waals surface area contributed by atoms with Crippen LogP contribution >= 0.6 is 11.6 Å². The molecule has 4 bridgehead atoms. The molecule has 3 N–H and O–H groups in total. The Balaban J connectivity index is 1.14. The van der Waals surface area contributed by atoms with Crippen LogP contribution in [0.5, 0.6) is 5.88 Å². The number of ether oxygens (including phenoxy) is 2. The van der Waals surface area contributed by atoms with Gasteiger partial charge in [0.1, 0.15) is 5.60 Å². The topological polar surface area (TPSA) is 136 Å². The second-order valence-electron chi connectivity index (χ2n) is 14.6. The Hall–Kier alpha value is -4.67. The predicted molar refractivity (Wildman–Crippen MR) is 189 cm³/mol. The molecule has 4 fully saturated rings. The fourth-order valence-electron chi connectivity index (χ4n) is 8.62. The van der Waals surface area contributed by atoms with Gasteiger partial charge < -0.3 is 25.2 Å². The van der Waals surface area contributed by atoms with Crippen LogP contribution < -0.4 is 20.8 Å². The van der Waals surface area contributed by atoms with Crippen molar-refractivity contribution in [3.8, 4) is 11.6 Å². The number of carbonyl (C=O) groups is 3. The van der Waals surface area contributed by atoms with Gasteiger partial charge in [-0.05, 0) is 112 Å². The maximum absolute atomic E-state index is 14.0. The van der Waals surface area contributed by atoms with E-state index in [1.54, 1.807) is 47.0 Å². The number of halogens is 1. The van der Waals surface area contributed by atoms with Gasteiger partial charge in [-0.25, -0.2) is 4.79 Å². The van der Waals surface area contributed by atoms with Crippen LogP contribution in [0.1, 0.15) is 67.4 Å². The van der Waals surface area contributed by atoms with Gasteiger partial charge in [0.25, 0.3) is 11.8 Å². The molecule has 8 rings (SSSR count). The molecule has 50 heavy (non-hydrogen) atoms. The highest BCUT2D eigenvalue weighted by molar-refractivity contribution is 6.31. The van der Waals surface area contributed by atoms with Crippen molar-refractivity contribution < 1.29 is 29.0 Å². The molecule has 0 radical (unpaired) electrons. The second-order valence-corrected chi connectivity index (χ2v) is 15.1. The number of pyridine rings is 1. The molecule has 1 heterocycles. The van der Waals surface area contributed by atoms with E-state index in [0.717, 1.165) is 37.7 Å². The van der Waals surface area contributed by atoms with Gasteiger partial charge in [0.15, 0.2) is 5.43 Å². The van der Waals surface area contributed by atoms with Gasteiger partial charge in [0.05, 0.1) is 18.2 Å². The maximum Gasteiger partial charge on any atom is 0.514 e. The molecule has 0 spiro atoms. The molecule has 260 valence electrons. The summed E-state index contributed by atoms with van der Waals surface area (Å²) in [4.78, 5) is 52.8. The summed E-state index contributed by atoms with van der Waals surface area (Å²) in [5, 5.41) is 17.6. The normalized spacial score (nSPS) is 23.8. The molecule has 3 aromatic carbocycles. The van der Waals surface area contributed by atoms with Gasteiger partial charge in [0, 0.05) is 39.7 Å². The van der Waals surface area contributed by atoms with E-state index >= 15 is 0 Å². The highest BCUT2D eigenvalue weighted by Crippen LogP contribution is 2.56. The van der Waals surface area contributed by atoms with Crippen molar-refractivity contribution in [1.82, 2.24) is 15.2 Å². The van der Waals surface area contributed by atoms with Gasteiger partial charge in [-0.1, -0.05) is 41.9 Å². The molecule has 0 aliphatic heterocycles.